The minimum atomic E-state index is -0.974. The van der Waals surface area contributed by atoms with E-state index in [2.05, 4.69) is 13.8 Å². The van der Waals surface area contributed by atoms with Crippen LogP contribution in [0.3, 0.4) is 0 Å². The smallest absolute Gasteiger partial charge is 0.341 e. The highest BCUT2D eigenvalue weighted by atomic mass is 16.5. The molecular weight excluding hydrogens is 320 g/mol. The van der Waals surface area contributed by atoms with E-state index in [0.29, 0.717) is 18.3 Å². The standard InChI is InChI=1S/C19H22N2O4/c1-11-3-12(4-11)25-14-5-16-20-15(7-21(16)6-13(14)17(22)23)19-8-18(2,9-19)24-10-19/h5-7,11-12H,3-4,8-10H2,1-2H3,(H,22,23). The van der Waals surface area contributed by atoms with Gasteiger partial charge in [0.1, 0.15) is 17.0 Å². The second-order valence-electron chi connectivity index (χ2n) is 8.44. The van der Waals surface area contributed by atoms with Gasteiger partial charge in [-0.2, -0.15) is 0 Å². The van der Waals surface area contributed by atoms with Gasteiger partial charge in [0.15, 0.2) is 0 Å². The van der Waals surface area contributed by atoms with E-state index in [9.17, 15) is 9.90 Å². The lowest BCUT2D eigenvalue weighted by Gasteiger charge is -2.41. The van der Waals surface area contributed by atoms with Crippen LogP contribution in [0.15, 0.2) is 18.5 Å². The molecule has 25 heavy (non-hydrogen) atoms. The summed E-state index contributed by atoms with van der Waals surface area (Å²) in [5.74, 6) is 0.0974. The van der Waals surface area contributed by atoms with E-state index in [1.165, 1.54) is 0 Å². The van der Waals surface area contributed by atoms with E-state index in [1.54, 1.807) is 16.7 Å². The monoisotopic (exact) mass is 342 g/mol. The normalized spacial score (nSPS) is 36.1. The number of aromatic nitrogens is 2. The number of aromatic carboxylic acids is 1. The summed E-state index contributed by atoms with van der Waals surface area (Å²) in [5, 5.41) is 9.56. The molecule has 6 nitrogen and oxygen atoms in total. The molecule has 2 saturated carbocycles. The van der Waals surface area contributed by atoms with Gasteiger partial charge in [-0.25, -0.2) is 9.78 Å². The summed E-state index contributed by atoms with van der Waals surface area (Å²) in [6.07, 6.45) is 7.60. The molecule has 6 rings (SSSR count). The van der Waals surface area contributed by atoms with Gasteiger partial charge in [0.05, 0.1) is 24.0 Å². The van der Waals surface area contributed by atoms with Crippen molar-refractivity contribution in [2.45, 2.75) is 56.7 Å². The van der Waals surface area contributed by atoms with Crippen molar-refractivity contribution in [1.29, 1.82) is 0 Å². The first-order valence-corrected chi connectivity index (χ1v) is 8.93. The summed E-state index contributed by atoms with van der Waals surface area (Å²) < 4.78 is 13.6. The third kappa shape index (κ3) is 2.20. The number of carboxylic acids is 1. The predicted molar refractivity (Wildman–Crippen MR) is 90.2 cm³/mol. The lowest BCUT2D eigenvalue weighted by Crippen LogP contribution is -2.45. The fourth-order valence-electron chi connectivity index (χ4n) is 4.79. The number of hydrogen-bond acceptors (Lipinski definition) is 4. The molecule has 2 aliphatic carbocycles. The van der Waals surface area contributed by atoms with Gasteiger partial charge in [-0.15, -0.1) is 0 Å². The number of fused-ring (bicyclic) bond motifs is 2. The molecule has 0 aromatic carbocycles. The molecule has 4 fully saturated rings. The summed E-state index contributed by atoms with van der Waals surface area (Å²) in [4.78, 5) is 16.4. The van der Waals surface area contributed by atoms with Crippen molar-refractivity contribution in [2.75, 3.05) is 6.61 Å². The Morgan fingerprint density at radius 3 is 2.76 bits per heavy atom. The highest BCUT2D eigenvalue weighted by molar-refractivity contribution is 5.91. The Kier molecular flexibility index (Phi) is 2.89. The maximum atomic E-state index is 11.7. The van der Waals surface area contributed by atoms with E-state index < -0.39 is 5.97 Å². The van der Waals surface area contributed by atoms with Crippen molar-refractivity contribution in [1.82, 2.24) is 9.38 Å². The molecule has 6 heteroatoms. The highest BCUT2D eigenvalue weighted by Crippen LogP contribution is 2.58. The van der Waals surface area contributed by atoms with Gasteiger partial charge in [0.25, 0.3) is 0 Å². The Bertz CT molecular complexity index is 875. The van der Waals surface area contributed by atoms with Crippen LogP contribution in [-0.2, 0) is 10.2 Å². The van der Waals surface area contributed by atoms with Crippen molar-refractivity contribution in [3.8, 4) is 5.75 Å². The van der Waals surface area contributed by atoms with Crippen LogP contribution >= 0.6 is 0 Å². The van der Waals surface area contributed by atoms with Crippen LogP contribution in [0.2, 0.25) is 0 Å². The topological polar surface area (TPSA) is 73.1 Å². The third-order valence-electron chi connectivity index (χ3n) is 6.07. The van der Waals surface area contributed by atoms with Crippen LogP contribution in [0.4, 0.5) is 0 Å². The molecule has 2 bridgehead atoms. The number of imidazole rings is 1. The molecule has 4 aliphatic rings. The minimum absolute atomic E-state index is 0.00276. The molecule has 4 heterocycles. The van der Waals surface area contributed by atoms with Gasteiger partial charge < -0.3 is 19.0 Å². The molecule has 2 saturated heterocycles. The fraction of sp³-hybridized carbons (Fsp3) is 0.579. The molecule has 2 aliphatic heterocycles. The van der Waals surface area contributed by atoms with Crippen molar-refractivity contribution in [3.05, 3.63) is 29.7 Å². The van der Waals surface area contributed by atoms with Crippen molar-refractivity contribution >= 4 is 11.6 Å². The first-order valence-electron chi connectivity index (χ1n) is 8.93. The lowest BCUT2D eigenvalue weighted by molar-refractivity contribution is 0.0154. The number of carboxylic acid groups (broad SMARTS) is 1. The molecule has 0 unspecified atom stereocenters. The molecule has 2 aromatic heterocycles. The molecule has 0 atom stereocenters. The summed E-state index contributed by atoms with van der Waals surface area (Å²) in [7, 11) is 0. The van der Waals surface area contributed by atoms with E-state index in [1.807, 2.05) is 6.20 Å². The number of rotatable bonds is 4. The van der Waals surface area contributed by atoms with Gasteiger partial charge >= 0.3 is 5.97 Å². The van der Waals surface area contributed by atoms with Crippen molar-refractivity contribution in [2.24, 2.45) is 5.92 Å². The Hall–Kier alpha value is -2.08. The second kappa shape index (κ2) is 4.75. The van der Waals surface area contributed by atoms with Crippen LogP contribution in [-0.4, -0.2) is 38.8 Å². The largest absolute Gasteiger partial charge is 0.489 e. The Morgan fingerprint density at radius 2 is 2.16 bits per heavy atom. The van der Waals surface area contributed by atoms with Crippen LogP contribution in [0.25, 0.3) is 5.65 Å². The van der Waals surface area contributed by atoms with Crippen LogP contribution in [0.1, 0.15) is 55.6 Å². The molecule has 132 valence electrons. The number of ether oxygens (including phenoxy) is 2. The summed E-state index contributed by atoms with van der Waals surface area (Å²) in [5.41, 5.74) is 1.91. The highest BCUT2D eigenvalue weighted by Gasteiger charge is 2.61. The van der Waals surface area contributed by atoms with Gasteiger partial charge in [-0.05, 0) is 38.5 Å². The first-order chi connectivity index (χ1) is 11.9. The zero-order valence-electron chi connectivity index (χ0n) is 14.5. The van der Waals surface area contributed by atoms with Crippen LogP contribution in [0, 0.1) is 5.92 Å². The molecule has 1 N–H and O–H groups in total. The predicted octanol–water partition coefficient (Wildman–Crippen LogP) is 3.03. The maximum absolute atomic E-state index is 11.7. The molecular formula is C19H22N2O4. The van der Waals surface area contributed by atoms with Gasteiger partial charge in [0.2, 0.25) is 0 Å². The minimum Gasteiger partial charge on any atom is -0.489 e. The fourth-order valence-corrected chi connectivity index (χ4v) is 4.79. The van der Waals surface area contributed by atoms with Crippen molar-refractivity contribution < 1.29 is 19.4 Å². The van der Waals surface area contributed by atoms with E-state index in [4.69, 9.17) is 14.5 Å². The number of hydrogen-bond donors (Lipinski definition) is 1. The summed E-state index contributed by atoms with van der Waals surface area (Å²) >= 11 is 0. The first kappa shape index (κ1) is 15.2. The molecule has 0 amide bonds. The molecule has 0 radical (unpaired) electrons. The van der Waals surface area contributed by atoms with Crippen LogP contribution in [0.5, 0.6) is 5.75 Å². The van der Waals surface area contributed by atoms with Gasteiger partial charge in [-0.1, -0.05) is 6.92 Å². The number of nitrogens with zero attached hydrogens (tertiary/aromatic N) is 2. The Labute approximate surface area is 145 Å². The second-order valence-corrected chi connectivity index (χ2v) is 8.44. The van der Waals surface area contributed by atoms with E-state index >= 15 is 0 Å². The van der Waals surface area contributed by atoms with Gasteiger partial charge in [0, 0.05) is 23.9 Å². The average Bonchev–Trinajstić information content (AvgIpc) is 3.14. The maximum Gasteiger partial charge on any atom is 0.341 e. The number of pyridine rings is 1. The van der Waals surface area contributed by atoms with E-state index in [-0.39, 0.29) is 22.7 Å². The zero-order chi connectivity index (χ0) is 17.4. The molecule has 0 spiro atoms. The summed E-state index contributed by atoms with van der Waals surface area (Å²) in [6, 6.07) is 1.76. The van der Waals surface area contributed by atoms with Crippen molar-refractivity contribution in [3.63, 3.8) is 0 Å². The van der Waals surface area contributed by atoms with E-state index in [0.717, 1.165) is 37.0 Å². The van der Waals surface area contributed by atoms with Gasteiger partial charge in [-0.3, -0.25) is 0 Å². The zero-order valence-corrected chi connectivity index (χ0v) is 14.5. The quantitative estimate of drug-likeness (QED) is 0.924. The third-order valence-corrected chi connectivity index (χ3v) is 6.07. The summed E-state index contributed by atoms with van der Waals surface area (Å²) in [6.45, 7) is 5.02. The molecule has 2 aromatic rings. The Balaban J connectivity index is 1.52. The SMILES string of the molecule is CC1CC(Oc2cc3nc(C45COC(C)(C4)C5)cn3cc2C(=O)O)C1. The Morgan fingerprint density at radius 1 is 1.40 bits per heavy atom. The van der Waals surface area contributed by atoms with Crippen LogP contribution < -0.4 is 4.74 Å². The average molecular weight is 342 g/mol. The lowest BCUT2D eigenvalue weighted by atomic mass is 9.62. The number of carbonyl (C=O) groups is 1.